The monoisotopic (exact) mass is 710 g/mol. The molecule has 2 amide bonds. The van der Waals surface area contributed by atoms with Crippen molar-refractivity contribution in [2.45, 2.75) is 138 Å². The van der Waals surface area contributed by atoms with Crippen molar-refractivity contribution in [1.82, 2.24) is 9.80 Å². The van der Waals surface area contributed by atoms with Gasteiger partial charge in [-0.15, -0.1) is 6.58 Å². The molecule has 0 N–H and O–H groups in total. The molecule has 1 saturated carbocycles. The van der Waals surface area contributed by atoms with Crippen LogP contribution in [-0.4, -0.2) is 83.6 Å². The topological polar surface area (TPSA) is 118 Å². The number of Topliss-reactive ketones (excluding diaryl/α,β-unsaturated/α-hetero) is 4. The summed E-state index contributed by atoms with van der Waals surface area (Å²) >= 11 is 0. The fraction of sp³-hybridized carbons (Fsp3) is 0.810. The quantitative estimate of drug-likeness (QED) is 0.171. The smallest absolute Gasteiger partial charge is 0.229 e. The SMILES string of the molecule is C=CCCC(=O)C(=O)[C@@H]1CCCCCCCOC[C@H](CC(=O)C[C@H](CN2CCC(C)(C)CC2=O)C(C)(C)C)C(=O)N2C[C@H]3[C@@H]([C@H]2C(=O)C1)C3(C)C. The van der Waals surface area contributed by atoms with Gasteiger partial charge in [0.1, 0.15) is 5.78 Å². The summed E-state index contributed by atoms with van der Waals surface area (Å²) in [6.45, 7) is 20.7. The number of piperidine rings is 2. The largest absolute Gasteiger partial charge is 0.381 e. The number of fused-ring (bicyclic) bond motifs is 3. The van der Waals surface area contributed by atoms with Gasteiger partial charge in [-0.2, -0.15) is 0 Å². The van der Waals surface area contributed by atoms with Crippen LogP contribution in [-0.2, 0) is 33.5 Å². The molecule has 0 aromatic rings. The highest BCUT2D eigenvalue weighted by molar-refractivity contribution is 6.38. The van der Waals surface area contributed by atoms with Crippen molar-refractivity contribution in [1.29, 1.82) is 0 Å². The minimum atomic E-state index is -0.725. The van der Waals surface area contributed by atoms with E-state index in [1.807, 2.05) is 4.90 Å². The zero-order valence-electron chi connectivity index (χ0n) is 32.7. The lowest BCUT2D eigenvalue weighted by Crippen LogP contribution is -2.49. The normalized spacial score (nSPS) is 29.5. The van der Waals surface area contributed by atoms with Gasteiger partial charge in [0.15, 0.2) is 11.6 Å². The van der Waals surface area contributed by atoms with Crippen LogP contribution in [0, 0.1) is 45.8 Å². The van der Waals surface area contributed by atoms with Gasteiger partial charge in [0.2, 0.25) is 17.6 Å². The van der Waals surface area contributed by atoms with E-state index in [1.54, 1.807) is 11.0 Å². The maximum atomic E-state index is 14.5. The molecule has 0 aromatic heterocycles. The summed E-state index contributed by atoms with van der Waals surface area (Å²) in [4.78, 5) is 85.5. The Kier molecular flexibility index (Phi) is 13.7. The lowest BCUT2D eigenvalue weighted by molar-refractivity contribution is -0.147. The van der Waals surface area contributed by atoms with Crippen molar-refractivity contribution in [3.05, 3.63) is 12.7 Å². The number of ether oxygens (including phenoxy) is 1. The minimum Gasteiger partial charge on any atom is -0.381 e. The summed E-state index contributed by atoms with van der Waals surface area (Å²) in [7, 11) is 0. The van der Waals surface area contributed by atoms with Gasteiger partial charge in [0.05, 0.1) is 18.6 Å². The first kappa shape index (κ1) is 41.1. The van der Waals surface area contributed by atoms with E-state index in [1.165, 1.54) is 0 Å². The van der Waals surface area contributed by atoms with E-state index in [4.69, 9.17) is 4.74 Å². The fourth-order valence-electron chi connectivity index (χ4n) is 8.87. The molecule has 1 aliphatic carbocycles. The molecule has 3 heterocycles. The Morgan fingerprint density at radius 2 is 1.71 bits per heavy atom. The highest BCUT2D eigenvalue weighted by Crippen LogP contribution is 2.65. The molecule has 0 unspecified atom stereocenters. The van der Waals surface area contributed by atoms with Gasteiger partial charge in [-0.3, -0.25) is 28.8 Å². The Morgan fingerprint density at radius 1 is 1.02 bits per heavy atom. The maximum absolute atomic E-state index is 14.5. The van der Waals surface area contributed by atoms with Crippen LogP contribution in [0.15, 0.2) is 12.7 Å². The van der Waals surface area contributed by atoms with E-state index >= 15 is 0 Å². The molecule has 3 saturated heterocycles. The summed E-state index contributed by atoms with van der Waals surface area (Å²) in [6.07, 6.45) is 8.62. The summed E-state index contributed by atoms with van der Waals surface area (Å²) in [5.41, 5.74) is -0.362. The predicted molar refractivity (Wildman–Crippen MR) is 198 cm³/mol. The van der Waals surface area contributed by atoms with Crippen LogP contribution in [0.3, 0.4) is 0 Å². The van der Waals surface area contributed by atoms with E-state index in [0.29, 0.717) is 45.5 Å². The number of carbonyl (C=O) groups excluding carboxylic acids is 6. The average molecular weight is 711 g/mol. The molecule has 0 bridgehead atoms. The van der Waals surface area contributed by atoms with Gasteiger partial charge in [-0.1, -0.05) is 80.2 Å². The molecule has 4 rings (SSSR count). The van der Waals surface area contributed by atoms with E-state index in [0.717, 1.165) is 38.5 Å². The zero-order chi connectivity index (χ0) is 37.7. The number of carbonyl (C=O) groups is 6. The standard InChI is InChI=1S/C42H66N2O7/c1-9-10-17-33(46)38(49)28-16-14-12-11-13-15-20-51-27-29(39(50)44-26-32-36(42(32,7)8)37(44)34(47)22-28)21-31(45)23-30(40(2,3)4)25-43-19-18-41(5,6)24-35(43)48/h9,28-30,32,36-37H,1,10-27H2,2-8H3/t28-,29+,30-,32+,36+,37-/m1/s1. The second-order valence-corrected chi connectivity index (χ2v) is 18.6. The summed E-state index contributed by atoms with van der Waals surface area (Å²) < 4.78 is 6.08. The first-order valence-corrected chi connectivity index (χ1v) is 19.8. The number of allylic oxidation sites excluding steroid dienone is 1. The van der Waals surface area contributed by atoms with Crippen molar-refractivity contribution in [3.63, 3.8) is 0 Å². The van der Waals surface area contributed by atoms with Crippen molar-refractivity contribution in [2.75, 3.05) is 32.8 Å². The summed E-state index contributed by atoms with van der Waals surface area (Å²) in [5, 5.41) is 0. The molecule has 3 aliphatic heterocycles. The Balaban J connectivity index is 1.54. The number of rotatable bonds is 11. The van der Waals surface area contributed by atoms with Crippen LogP contribution in [0.5, 0.6) is 0 Å². The first-order valence-electron chi connectivity index (χ1n) is 19.8. The number of ketones is 4. The molecule has 51 heavy (non-hydrogen) atoms. The van der Waals surface area contributed by atoms with E-state index in [-0.39, 0.29) is 89.7 Å². The van der Waals surface area contributed by atoms with Crippen LogP contribution < -0.4 is 0 Å². The Bertz CT molecular complexity index is 1330. The molecule has 0 radical (unpaired) electrons. The molecule has 0 aromatic carbocycles. The van der Waals surface area contributed by atoms with Crippen molar-refractivity contribution in [3.8, 4) is 0 Å². The first-order chi connectivity index (χ1) is 23.9. The van der Waals surface area contributed by atoms with Crippen molar-refractivity contribution < 1.29 is 33.5 Å². The average Bonchev–Trinajstić information content (AvgIpc) is 3.35. The molecule has 6 atom stereocenters. The van der Waals surface area contributed by atoms with Crippen molar-refractivity contribution >= 4 is 34.9 Å². The van der Waals surface area contributed by atoms with Gasteiger partial charge in [0, 0.05) is 64.3 Å². The second kappa shape index (κ2) is 17.0. The lowest BCUT2D eigenvalue weighted by Gasteiger charge is -2.41. The van der Waals surface area contributed by atoms with E-state index in [2.05, 4.69) is 55.0 Å². The van der Waals surface area contributed by atoms with Crippen LogP contribution in [0.25, 0.3) is 0 Å². The van der Waals surface area contributed by atoms with E-state index < -0.39 is 29.4 Å². The number of nitrogens with zero attached hydrogens (tertiary/aromatic N) is 2. The van der Waals surface area contributed by atoms with Gasteiger partial charge < -0.3 is 14.5 Å². The van der Waals surface area contributed by atoms with Gasteiger partial charge in [0.25, 0.3) is 0 Å². The molecular weight excluding hydrogens is 644 g/mol. The third-order valence-electron chi connectivity index (χ3n) is 12.7. The van der Waals surface area contributed by atoms with Gasteiger partial charge in [-0.25, -0.2) is 0 Å². The Labute approximate surface area is 307 Å². The van der Waals surface area contributed by atoms with Crippen molar-refractivity contribution in [2.24, 2.45) is 45.8 Å². The van der Waals surface area contributed by atoms with Crippen LogP contribution in [0.2, 0.25) is 0 Å². The van der Waals surface area contributed by atoms with Crippen LogP contribution >= 0.6 is 0 Å². The highest BCUT2D eigenvalue weighted by atomic mass is 16.5. The Hall–Kier alpha value is -2.68. The van der Waals surface area contributed by atoms with Crippen LogP contribution in [0.1, 0.15) is 132 Å². The molecular formula is C42H66N2O7. The number of hydrogen-bond donors (Lipinski definition) is 0. The second-order valence-electron chi connectivity index (χ2n) is 18.6. The number of amides is 2. The van der Waals surface area contributed by atoms with Gasteiger partial charge in [-0.05, 0) is 59.7 Å². The Morgan fingerprint density at radius 3 is 2.37 bits per heavy atom. The molecule has 4 fully saturated rings. The maximum Gasteiger partial charge on any atom is 0.229 e. The van der Waals surface area contributed by atoms with Gasteiger partial charge >= 0.3 is 0 Å². The van der Waals surface area contributed by atoms with Crippen LogP contribution in [0.4, 0.5) is 0 Å². The lowest BCUT2D eigenvalue weighted by atomic mass is 9.75. The molecule has 0 spiro atoms. The zero-order valence-corrected chi connectivity index (χ0v) is 32.7. The molecule has 286 valence electrons. The molecule has 9 heteroatoms. The number of hydrogen-bond acceptors (Lipinski definition) is 7. The predicted octanol–water partition coefficient (Wildman–Crippen LogP) is 6.80. The number of likely N-dealkylation sites (tertiary alicyclic amines) is 1. The third kappa shape index (κ3) is 10.5. The summed E-state index contributed by atoms with van der Waals surface area (Å²) in [6, 6.07) is -0.682. The van der Waals surface area contributed by atoms with E-state index in [9.17, 15) is 28.8 Å². The highest BCUT2D eigenvalue weighted by Gasteiger charge is 2.69. The minimum absolute atomic E-state index is 0.0153. The molecule has 4 aliphatic rings. The summed E-state index contributed by atoms with van der Waals surface area (Å²) in [5.74, 6) is -2.57. The third-order valence-corrected chi connectivity index (χ3v) is 12.7. The molecule has 9 nitrogen and oxygen atoms in total. The fourth-order valence-corrected chi connectivity index (χ4v) is 8.87.